The second-order valence-electron chi connectivity index (χ2n) is 3.86. The maximum Gasteiger partial charge on any atom is 0.171 e. The molecule has 16 heavy (non-hydrogen) atoms. The van der Waals surface area contributed by atoms with Crippen LogP contribution in [0.2, 0.25) is 0 Å². The molecule has 2 nitrogen and oxygen atoms in total. The summed E-state index contributed by atoms with van der Waals surface area (Å²) in [6, 6.07) is 8.17. The Bertz CT molecular complexity index is 543. The lowest BCUT2D eigenvalue weighted by Gasteiger charge is -1.96. The van der Waals surface area contributed by atoms with Crippen molar-refractivity contribution in [1.29, 1.82) is 0 Å². The molecule has 3 heteroatoms. The SMILES string of the molecule is CC(=O)c1sc(-c2cccc(C)c2)nc1C. The number of thiazole rings is 1. The van der Waals surface area contributed by atoms with Crippen LogP contribution in [0.5, 0.6) is 0 Å². The zero-order chi connectivity index (χ0) is 11.7. The van der Waals surface area contributed by atoms with Gasteiger partial charge in [0.15, 0.2) is 5.78 Å². The molecule has 0 bridgehead atoms. The Balaban J connectivity index is 2.49. The second kappa shape index (κ2) is 4.18. The molecule has 0 radical (unpaired) electrons. The van der Waals surface area contributed by atoms with Crippen molar-refractivity contribution in [2.75, 3.05) is 0 Å². The minimum Gasteiger partial charge on any atom is -0.294 e. The van der Waals surface area contributed by atoms with E-state index in [-0.39, 0.29) is 5.78 Å². The summed E-state index contributed by atoms with van der Waals surface area (Å²) in [5.41, 5.74) is 3.12. The molecule has 0 aliphatic rings. The summed E-state index contributed by atoms with van der Waals surface area (Å²) in [6.45, 7) is 5.52. The van der Waals surface area contributed by atoms with Gasteiger partial charge in [0.2, 0.25) is 0 Å². The van der Waals surface area contributed by atoms with Gasteiger partial charge in [0.1, 0.15) is 5.01 Å². The zero-order valence-electron chi connectivity index (χ0n) is 9.57. The molecule has 0 fully saturated rings. The van der Waals surface area contributed by atoms with Gasteiger partial charge < -0.3 is 0 Å². The third-order valence-corrected chi connectivity index (χ3v) is 3.69. The quantitative estimate of drug-likeness (QED) is 0.739. The number of hydrogen-bond donors (Lipinski definition) is 0. The van der Waals surface area contributed by atoms with E-state index in [4.69, 9.17) is 0 Å². The van der Waals surface area contributed by atoms with Crippen LogP contribution in [-0.4, -0.2) is 10.8 Å². The normalized spacial score (nSPS) is 10.4. The molecular weight excluding hydrogens is 218 g/mol. The molecule has 0 amide bonds. The Morgan fingerprint density at radius 1 is 1.31 bits per heavy atom. The van der Waals surface area contributed by atoms with Crippen LogP contribution in [-0.2, 0) is 0 Å². The molecule has 0 spiro atoms. The molecule has 0 unspecified atom stereocenters. The summed E-state index contributed by atoms with van der Waals surface area (Å²) in [4.78, 5) is 16.5. The molecular formula is C13H13NOS. The van der Waals surface area contributed by atoms with Gasteiger partial charge in [-0.05, 0) is 19.9 Å². The van der Waals surface area contributed by atoms with Crippen LogP contribution in [0.4, 0.5) is 0 Å². The summed E-state index contributed by atoms with van der Waals surface area (Å²) in [5, 5.41) is 0.923. The Labute approximate surface area is 99.0 Å². The number of hydrogen-bond acceptors (Lipinski definition) is 3. The van der Waals surface area contributed by atoms with Crippen LogP contribution in [0, 0.1) is 13.8 Å². The summed E-state index contributed by atoms with van der Waals surface area (Å²) in [5.74, 6) is 0.0916. The second-order valence-corrected chi connectivity index (χ2v) is 4.86. The first-order valence-corrected chi connectivity index (χ1v) is 5.95. The number of carbonyl (C=O) groups is 1. The van der Waals surface area contributed by atoms with E-state index >= 15 is 0 Å². The lowest BCUT2D eigenvalue weighted by atomic mass is 10.1. The van der Waals surface area contributed by atoms with Gasteiger partial charge in [-0.2, -0.15) is 0 Å². The maximum absolute atomic E-state index is 11.3. The van der Waals surface area contributed by atoms with Crippen molar-refractivity contribution in [1.82, 2.24) is 4.98 Å². The highest BCUT2D eigenvalue weighted by atomic mass is 32.1. The maximum atomic E-state index is 11.3. The number of nitrogens with zero attached hydrogens (tertiary/aromatic N) is 1. The molecule has 2 aromatic rings. The highest BCUT2D eigenvalue weighted by Gasteiger charge is 2.12. The minimum absolute atomic E-state index is 0.0916. The average molecular weight is 231 g/mol. The summed E-state index contributed by atoms with van der Waals surface area (Å²) in [6.07, 6.45) is 0. The third-order valence-electron chi connectivity index (χ3n) is 2.38. The lowest BCUT2D eigenvalue weighted by molar-refractivity contribution is 0.102. The van der Waals surface area contributed by atoms with Crippen LogP contribution in [0.25, 0.3) is 10.6 Å². The first-order valence-electron chi connectivity index (χ1n) is 5.13. The van der Waals surface area contributed by atoms with Crippen LogP contribution in [0.1, 0.15) is 27.9 Å². The summed E-state index contributed by atoms with van der Waals surface area (Å²) < 4.78 is 0. The van der Waals surface area contributed by atoms with Gasteiger partial charge in [0.25, 0.3) is 0 Å². The number of benzene rings is 1. The molecule has 1 aromatic heterocycles. The lowest BCUT2D eigenvalue weighted by Crippen LogP contribution is -1.89. The van der Waals surface area contributed by atoms with Crippen molar-refractivity contribution >= 4 is 17.1 Å². The topological polar surface area (TPSA) is 30.0 Å². The van der Waals surface area contributed by atoms with Crippen molar-refractivity contribution in [3.63, 3.8) is 0 Å². The van der Waals surface area contributed by atoms with Gasteiger partial charge in [-0.15, -0.1) is 11.3 Å². The van der Waals surface area contributed by atoms with E-state index in [1.807, 2.05) is 19.1 Å². The Hall–Kier alpha value is -1.48. The van der Waals surface area contributed by atoms with Crippen LogP contribution < -0.4 is 0 Å². The highest BCUT2D eigenvalue weighted by Crippen LogP contribution is 2.28. The van der Waals surface area contributed by atoms with E-state index in [1.165, 1.54) is 16.9 Å². The van der Waals surface area contributed by atoms with E-state index < -0.39 is 0 Å². The predicted octanol–water partition coefficient (Wildman–Crippen LogP) is 3.63. The Kier molecular flexibility index (Phi) is 2.88. The molecule has 0 aliphatic heterocycles. The molecule has 82 valence electrons. The van der Waals surface area contributed by atoms with Gasteiger partial charge in [-0.25, -0.2) is 4.98 Å². The Morgan fingerprint density at radius 3 is 2.62 bits per heavy atom. The molecule has 1 heterocycles. The van der Waals surface area contributed by atoms with Crippen LogP contribution in [0.15, 0.2) is 24.3 Å². The first kappa shape index (κ1) is 11.0. The molecule has 0 atom stereocenters. The fourth-order valence-corrected chi connectivity index (χ4v) is 2.58. The van der Waals surface area contributed by atoms with Crippen molar-refractivity contribution in [2.24, 2.45) is 0 Å². The van der Waals surface area contributed by atoms with E-state index in [0.29, 0.717) is 0 Å². The minimum atomic E-state index is 0.0916. The van der Waals surface area contributed by atoms with Gasteiger partial charge in [0.05, 0.1) is 10.6 Å². The van der Waals surface area contributed by atoms with E-state index in [0.717, 1.165) is 21.1 Å². The zero-order valence-corrected chi connectivity index (χ0v) is 10.4. The fraction of sp³-hybridized carbons (Fsp3) is 0.231. The van der Waals surface area contributed by atoms with Crippen molar-refractivity contribution in [3.05, 3.63) is 40.4 Å². The first-order chi connectivity index (χ1) is 7.58. The van der Waals surface area contributed by atoms with Gasteiger partial charge in [-0.3, -0.25) is 4.79 Å². The number of ketones is 1. The smallest absolute Gasteiger partial charge is 0.171 e. The molecule has 0 saturated heterocycles. The highest BCUT2D eigenvalue weighted by molar-refractivity contribution is 7.17. The Morgan fingerprint density at radius 2 is 2.06 bits per heavy atom. The fourth-order valence-electron chi connectivity index (χ4n) is 1.62. The number of carbonyl (C=O) groups excluding carboxylic acids is 1. The van der Waals surface area contributed by atoms with Crippen LogP contribution >= 0.6 is 11.3 Å². The molecule has 0 saturated carbocycles. The van der Waals surface area contributed by atoms with E-state index in [9.17, 15) is 4.79 Å². The predicted molar refractivity (Wildman–Crippen MR) is 67.0 cm³/mol. The number of aryl methyl sites for hydroxylation is 2. The van der Waals surface area contributed by atoms with Gasteiger partial charge >= 0.3 is 0 Å². The van der Waals surface area contributed by atoms with Gasteiger partial charge in [0, 0.05) is 12.5 Å². The van der Waals surface area contributed by atoms with E-state index in [2.05, 4.69) is 24.0 Å². The molecule has 2 rings (SSSR count). The number of Topliss-reactive ketones (excluding diaryl/α,β-unsaturated/α-hetero) is 1. The van der Waals surface area contributed by atoms with E-state index in [1.54, 1.807) is 6.92 Å². The number of aromatic nitrogens is 1. The largest absolute Gasteiger partial charge is 0.294 e. The molecule has 0 aliphatic carbocycles. The average Bonchev–Trinajstić information content (AvgIpc) is 2.60. The van der Waals surface area contributed by atoms with Crippen molar-refractivity contribution in [3.8, 4) is 10.6 Å². The van der Waals surface area contributed by atoms with Crippen LogP contribution in [0.3, 0.4) is 0 Å². The van der Waals surface area contributed by atoms with Crippen molar-refractivity contribution < 1.29 is 4.79 Å². The van der Waals surface area contributed by atoms with Gasteiger partial charge in [-0.1, -0.05) is 23.8 Å². The number of rotatable bonds is 2. The standard InChI is InChI=1S/C13H13NOS/c1-8-5-4-6-11(7-8)13-14-9(2)12(16-13)10(3)15/h4-7H,1-3H3. The molecule has 1 aromatic carbocycles. The van der Waals surface area contributed by atoms with Crippen molar-refractivity contribution in [2.45, 2.75) is 20.8 Å². The molecule has 0 N–H and O–H groups in total. The summed E-state index contributed by atoms with van der Waals surface area (Å²) in [7, 11) is 0. The monoisotopic (exact) mass is 231 g/mol. The summed E-state index contributed by atoms with van der Waals surface area (Å²) >= 11 is 1.47. The third kappa shape index (κ3) is 2.04.